The Kier molecular flexibility index (Phi) is 3.11. The lowest BCUT2D eigenvalue weighted by molar-refractivity contribution is -0.175. The van der Waals surface area contributed by atoms with Gasteiger partial charge < -0.3 is 4.74 Å². The number of hydrogen-bond acceptors (Lipinski definition) is 2. The van der Waals surface area contributed by atoms with Crippen LogP contribution in [-0.2, 0) is 9.53 Å². The molecule has 0 fully saturated rings. The highest BCUT2D eigenvalue weighted by Crippen LogP contribution is 2.14. The summed E-state index contributed by atoms with van der Waals surface area (Å²) in [6, 6.07) is 0. The lowest BCUT2D eigenvalue weighted by Gasteiger charge is -2.10. The third kappa shape index (κ3) is 2.61. The standard InChI is InChI=1S/C8H7F3O2/c9-6(10)7(11)13-8(12)5-3-1-2-4-5/h1-7H. The molecule has 0 saturated carbocycles. The van der Waals surface area contributed by atoms with Crippen molar-refractivity contribution in [2.24, 2.45) is 5.92 Å². The van der Waals surface area contributed by atoms with Gasteiger partial charge >= 0.3 is 18.8 Å². The van der Waals surface area contributed by atoms with E-state index in [2.05, 4.69) is 4.74 Å². The number of esters is 1. The number of hydrogen-bond donors (Lipinski definition) is 0. The average Bonchev–Trinajstić information content (AvgIpc) is 2.55. The first-order valence-electron chi connectivity index (χ1n) is 3.59. The summed E-state index contributed by atoms with van der Waals surface area (Å²) in [6.07, 6.45) is -0.155. The highest BCUT2D eigenvalue weighted by Gasteiger charge is 2.26. The van der Waals surface area contributed by atoms with Crippen LogP contribution in [0.2, 0.25) is 0 Å². The molecule has 0 aromatic carbocycles. The molecule has 0 bridgehead atoms. The van der Waals surface area contributed by atoms with E-state index in [9.17, 15) is 18.0 Å². The van der Waals surface area contributed by atoms with Gasteiger partial charge in [-0.1, -0.05) is 24.3 Å². The molecule has 0 amide bonds. The Morgan fingerprint density at radius 2 is 1.77 bits per heavy atom. The molecular formula is C8H7F3O2. The molecule has 5 heteroatoms. The number of rotatable bonds is 3. The third-order valence-electron chi connectivity index (χ3n) is 1.45. The number of allylic oxidation sites excluding steroid dienone is 2. The number of halogens is 3. The summed E-state index contributed by atoms with van der Waals surface area (Å²) in [5.74, 6) is -1.74. The van der Waals surface area contributed by atoms with Gasteiger partial charge in [0, 0.05) is 0 Å². The molecule has 0 aromatic heterocycles. The zero-order valence-electron chi connectivity index (χ0n) is 6.49. The quantitative estimate of drug-likeness (QED) is 0.637. The van der Waals surface area contributed by atoms with Gasteiger partial charge in [0.05, 0.1) is 5.92 Å². The molecule has 0 heterocycles. The van der Waals surface area contributed by atoms with Crippen LogP contribution in [0.4, 0.5) is 13.2 Å². The Balaban J connectivity index is 2.41. The van der Waals surface area contributed by atoms with Crippen LogP contribution < -0.4 is 0 Å². The summed E-state index contributed by atoms with van der Waals surface area (Å²) in [4.78, 5) is 10.9. The first kappa shape index (κ1) is 9.83. The number of ether oxygens (including phenoxy) is 1. The molecule has 0 aliphatic heterocycles. The van der Waals surface area contributed by atoms with Gasteiger partial charge in [-0.25, -0.2) is 8.78 Å². The van der Waals surface area contributed by atoms with Crippen LogP contribution >= 0.6 is 0 Å². The maximum atomic E-state index is 12.2. The highest BCUT2D eigenvalue weighted by atomic mass is 19.3. The predicted molar refractivity (Wildman–Crippen MR) is 38.8 cm³/mol. The Morgan fingerprint density at radius 1 is 1.23 bits per heavy atom. The molecule has 1 rings (SSSR count). The van der Waals surface area contributed by atoms with Crippen molar-refractivity contribution in [3.8, 4) is 0 Å². The molecule has 1 atom stereocenters. The summed E-state index contributed by atoms with van der Waals surface area (Å²) in [5, 5.41) is 0. The zero-order chi connectivity index (χ0) is 9.84. The van der Waals surface area contributed by atoms with Crippen LogP contribution in [0.1, 0.15) is 0 Å². The summed E-state index contributed by atoms with van der Waals surface area (Å²) in [6.45, 7) is 0. The maximum absolute atomic E-state index is 12.2. The van der Waals surface area contributed by atoms with Crippen molar-refractivity contribution in [3.05, 3.63) is 24.3 Å². The Morgan fingerprint density at radius 3 is 2.23 bits per heavy atom. The SMILES string of the molecule is O=C(OC(F)C(F)F)C1C=CC=C1. The fraction of sp³-hybridized carbons (Fsp3) is 0.375. The third-order valence-corrected chi connectivity index (χ3v) is 1.45. The summed E-state index contributed by atoms with van der Waals surface area (Å²) in [7, 11) is 0. The van der Waals surface area contributed by atoms with E-state index in [1.807, 2.05) is 0 Å². The van der Waals surface area contributed by atoms with Gasteiger partial charge in [0.2, 0.25) is 0 Å². The Labute approximate surface area is 72.7 Å². The Bertz CT molecular complexity index is 236. The van der Waals surface area contributed by atoms with E-state index in [-0.39, 0.29) is 0 Å². The van der Waals surface area contributed by atoms with Crippen molar-refractivity contribution in [2.45, 2.75) is 12.8 Å². The summed E-state index contributed by atoms with van der Waals surface area (Å²) >= 11 is 0. The van der Waals surface area contributed by atoms with E-state index >= 15 is 0 Å². The molecule has 1 aliphatic carbocycles. The first-order chi connectivity index (χ1) is 6.11. The highest BCUT2D eigenvalue weighted by molar-refractivity contribution is 5.77. The van der Waals surface area contributed by atoms with Gasteiger partial charge in [-0.15, -0.1) is 0 Å². The van der Waals surface area contributed by atoms with Crippen molar-refractivity contribution < 1.29 is 22.7 Å². The van der Waals surface area contributed by atoms with Crippen molar-refractivity contribution in [1.82, 2.24) is 0 Å². The van der Waals surface area contributed by atoms with E-state index in [1.54, 1.807) is 12.2 Å². The molecule has 0 N–H and O–H groups in total. The molecule has 1 unspecified atom stereocenters. The lowest BCUT2D eigenvalue weighted by Crippen LogP contribution is -2.24. The minimum absolute atomic E-state index is 0.739. The average molecular weight is 192 g/mol. The van der Waals surface area contributed by atoms with E-state index in [0.29, 0.717) is 0 Å². The molecule has 2 nitrogen and oxygen atoms in total. The van der Waals surface area contributed by atoms with Crippen LogP contribution in [0.5, 0.6) is 0 Å². The molecule has 0 radical (unpaired) electrons. The van der Waals surface area contributed by atoms with Gasteiger partial charge in [0.1, 0.15) is 0 Å². The van der Waals surface area contributed by atoms with E-state index in [0.717, 1.165) is 0 Å². The van der Waals surface area contributed by atoms with Crippen LogP contribution in [0, 0.1) is 5.92 Å². The molecule has 0 aromatic rings. The monoisotopic (exact) mass is 192 g/mol. The van der Waals surface area contributed by atoms with E-state index in [1.165, 1.54) is 12.2 Å². The number of carbonyl (C=O) groups is 1. The van der Waals surface area contributed by atoms with E-state index < -0.39 is 24.7 Å². The molecular weight excluding hydrogens is 185 g/mol. The first-order valence-corrected chi connectivity index (χ1v) is 3.59. The van der Waals surface area contributed by atoms with Gasteiger partial charge in [-0.05, 0) is 0 Å². The second-order valence-corrected chi connectivity index (χ2v) is 2.42. The smallest absolute Gasteiger partial charge is 0.319 e. The van der Waals surface area contributed by atoms with Crippen LogP contribution in [0.25, 0.3) is 0 Å². The topological polar surface area (TPSA) is 26.3 Å². The van der Waals surface area contributed by atoms with Crippen LogP contribution in [-0.4, -0.2) is 18.8 Å². The van der Waals surface area contributed by atoms with Crippen molar-refractivity contribution in [2.75, 3.05) is 0 Å². The number of alkyl halides is 3. The van der Waals surface area contributed by atoms with Gasteiger partial charge in [-0.3, -0.25) is 4.79 Å². The maximum Gasteiger partial charge on any atom is 0.319 e. The minimum atomic E-state index is -3.29. The van der Waals surface area contributed by atoms with Crippen molar-refractivity contribution >= 4 is 5.97 Å². The second-order valence-electron chi connectivity index (χ2n) is 2.42. The minimum Gasteiger partial charge on any atom is -0.424 e. The second kappa shape index (κ2) is 4.11. The lowest BCUT2D eigenvalue weighted by atomic mass is 10.2. The zero-order valence-corrected chi connectivity index (χ0v) is 6.49. The molecule has 1 aliphatic rings. The molecule has 0 saturated heterocycles. The Hall–Kier alpha value is -1.26. The summed E-state index contributed by atoms with van der Waals surface area (Å²) in [5.41, 5.74) is 0. The largest absolute Gasteiger partial charge is 0.424 e. The normalized spacial score (nSPS) is 18.2. The van der Waals surface area contributed by atoms with Crippen molar-refractivity contribution in [3.63, 3.8) is 0 Å². The van der Waals surface area contributed by atoms with Gasteiger partial charge in [-0.2, -0.15) is 4.39 Å². The predicted octanol–water partition coefficient (Wildman–Crippen LogP) is 1.83. The van der Waals surface area contributed by atoms with Crippen LogP contribution in [0.15, 0.2) is 24.3 Å². The fourth-order valence-electron chi connectivity index (χ4n) is 0.830. The molecule has 0 spiro atoms. The van der Waals surface area contributed by atoms with E-state index in [4.69, 9.17) is 0 Å². The van der Waals surface area contributed by atoms with Crippen LogP contribution in [0.3, 0.4) is 0 Å². The molecule has 13 heavy (non-hydrogen) atoms. The van der Waals surface area contributed by atoms with Crippen molar-refractivity contribution in [1.29, 1.82) is 0 Å². The molecule has 72 valence electrons. The fourth-order valence-corrected chi connectivity index (χ4v) is 0.830. The summed E-state index contributed by atoms with van der Waals surface area (Å²) < 4.78 is 39.2. The van der Waals surface area contributed by atoms with Gasteiger partial charge in [0.15, 0.2) is 0 Å². The van der Waals surface area contributed by atoms with Gasteiger partial charge in [0.25, 0.3) is 0 Å². The number of carbonyl (C=O) groups excluding carboxylic acids is 1.